The number of ether oxygens (including phenoxy) is 1. The van der Waals surface area contributed by atoms with E-state index in [4.69, 9.17) is 9.57 Å². The Hall–Kier alpha value is -1.73. The van der Waals surface area contributed by atoms with E-state index in [1.807, 2.05) is 36.6 Å². The molecule has 1 atom stereocenters. The van der Waals surface area contributed by atoms with Crippen molar-refractivity contribution in [3.63, 3.8) is 0 Å². The lowest BCUT2D eigenvalue weighted by atomic mass is 10.2. The number of hydrogen-bond acceptors (Lipinski definition) is 5. The van der Waals surface area contributed by atoms with Crippen molar-refractivity contribution in [2.45, 2.75) is 19.1 Å². The molecule has 0 fully saturated rings. The van der Waals surface area contributed by atoms with Gasteiger partial charge in [-0.05, 0) is 24.0 Å². The number of hydrogen-bond donors (Lipinski definition) is 1. The van der Waals surface area contributed by atoms with E-state index in [1.165, 1.54) is 14.2 Å². The average molecular weight is 326 g/mol. The molecule has 1 rings (SSSR count). The molecule has 0 aliphatic heterocycles. The van der Waals surface area contributed by atoms with Crippen molar-refractivity contribution in [2.24, 2.45) is 0 Å². The summed E-state index contributed by atoms with van der Waals surface area (Å²) in [5.41, 5.74) is 0.888. The van der Waals surface area contributed by atoms with Crippen LogP contribution in [0.2, 0.25) is 0 Å². The summed E-state index contributed by atoms with van der Waals surface area (Å²) in [5, 5.41) is 3.69. The van der Waals surface area contributed by atoms with Gasteiger partial charge in [0.2, 0.25) is 0 Å². The first kappa shape index (κ1) is 18.3. The Bertz CT molecular complexity index is 470. The second-order valence-electron chi connectivity index (χ2n) is 4.56. The fraction of sp³-hybridized carbons (Fsp3) is 0.467. The van der Waals surface area contributed by atoms with Gasteiger partial charge in [0.25, 0.3) is 5.91 Å². The van der Waals surface area contributed by atoms with Gasteiger partial charge in [-0.15, -0.1) is 0 Å². The number of nitrogens with one attached hydrogen (secondary N) is 1. The molecule has 1 aromatic carbocycles. The van der Waals surface area contributed by atoms with Crippen LogP contribution in [-0.2, 0) is 21.0 Å². The van der Waals surface area contributed by atoms with Crippen LogP contribution in [0.1, 0.15) is 12.0 Å². The van der Waals surface area contributed by atoms with Gasteiger partial charge in [-0.25, -0.2) is 9.86 Å². The summed E-state index contributed by atoms with van der Waals surface area (Å²) < 4.78 is 5.13. The number of nitrogens with zero attached hydrogens (tertiary/aromatic N) is 1. The molecule has 0 aliphatic carbocycles. The molecule has 0 aromatic heterocycles. The minimum atomic E-state index is -0.666. The molecule has 0 radical (unpaired) electrons. The van der Waals surface area contributed by atoms with E-state index in [-0.39, 0.29) is 12.5 Å². The number of amides is 2. The molecule has 6 nitrogen and oxygen atoms in total. The van der Waals surface area contributed by atoms with Crippen molar-refractivity contribution in [1.82, 2.24) is 10.4 Å². The van der Waals surface area contributed by atoms with Crippen LogP contribution >= 0.6 is 11.8 Å². The van der Waals surface area contributed by atoms with Gasteiger partial charge in [0.05, 0.1) is 7.11 Å². The third-order valence-electron chi connectivity index (χ3n) is 3.00. The molecule has 1 aromatic rings. The van der Waals surface area contributed by atoms with E-state index >= 15 is 0 Å². The zero-order valence-corrected chi connectivity index (χ0v) is 13.9. The summed E-state index contributed by atoms with van der Waals surface area (Å²) in [5.74, 6) is 0.431. The zero-order valence-electron chi connectivity index (χ0n) is 13.1. The van der Waals surface area contributed by atoms with Crippen molar-refractivity contribution in [2.75, 3.05) is 26.2 Å². The number of thioether (sulfide) groups is 1. The average Bonchev–Trinajstić information content (AvgIpc) is 2.56. The van der Waals surface area contributed by atoms with E-state index in [0.29, 0.717) is 6.42 Å². The second kappa shape index (κ2) is 10.1. The first-order chi connectivity index (χ1) is 10.6. The number of rotatable bonds is 8. The molecule has 122 valence electrons. The van der Waals surface area contributed by atoms with E-state index in [2.05, 4.69) is 5.32 Å². The first-order valence-corrected chi connectivity index (χ1v) is 8.25. The van der Waals surface area contributed by atoms with Crippen LogP contribution in [0.25, 0.3) is 0 Å². The largest absolute Gasteiger partial charge is 0.445 e. The quantitative estimate of drug-likeness (QED) is 0.741. The Morgan fingerprint density at radius 3 is 2.59 bits per heavy atom. The van der Waals surface area contributed by atoms with Gasteiger partial charge < -0.3 is 10.1 Å². The predicted octanol–water partition coefficient (Wildman–Crippen LogP) is 2.05. The molecule has 0 spiro atoms. The van der Waals surface area contributed by atoms with Crippen molar-refractivity contribution in [3.8, 4) is 0 Å². The van der Waals surface area contributed by atoms with Gasteiger partial charge in [-0.1, -0.05) is 30.3 Å². The molecule has 2 amide bonds. The van der Waals surface area contributed by atoms with Crippen LogP contribution in [-0.4, -0.2) is 49.3 Å². The molecule has 0 unspecified atom stereocenters. The van der Waals surface area contributed by atoms with Crippen LogP contribution in [0.15, 0.2) is 30.3 Å². The van der Waals surface area contributed by atoms with Gasteiger partial charge in [0.1, 0.15) is 12.6 Å². The Kier molecular flexibility index (Phi) is 8.39. The number of hydroxylamine groups is 2. The van der Waals surface area contributed by atoms with Crippen molar-refractivity contribution in [3.05, 3.63) is 35.9 Å². The maximum absolute atomic E-state index is 12.1. The molecule has 0 bridgehead atoms. The van der Waals surface area contributed by atoms with Crippen LogP contribution in [0.5, 0.6) is 0 Å². The SMILES string of the molecule is CON(C)C(=O)[C@@H](CCSC)NC(=O)OCc1ccccc1. The van der Waals surface area contributed by atoms with Crippen molar-refractivity contribution < 1.29 is 19.2 Å². The highest BCUT2D eigenvalue weighted by atomic mass is 32.2. The second-order valence-corrected chi connectivity index (χ2v) is 5.54. The molecule has 0 heterocycles. The van der Waals surface area contributed by atoms with E-state index < -0.39 is 12.1 Å². The van der Waals surface area contributed by atoms with Crippen LogP contribution in [0.3, 0.4) is 0 Å². The molecule has 22 heavy (non-hydrogen) atoms. The van der Waals surface area contributed by atoms with Crippen molar-refractivity contribution >= 4 is 23.8 Å². The van der Waals surface area contributed by atoms with E-state index in [9.17, 15) is 9.59 Å². The highest BCUT2D eigenvalue weighted by Gasteiger charge is 2.24. The first-order valence-electron chi connectivity index (χ1n) is 6.86. The van der Waals surface area contributed by atoms with Crippen molar-refractivity contribution in [1.29, 1.82) is 0 Å². The number of likely N-dealkylation sites (N-methyl/N-ethyl adjacent to an activating group) is 1. The lowest BCUT2D eigenvalue weighted by Gasteiger charge is -2.22. The fourth-order valence-electron chi connectivity index (χ4n) is 1.71. The minimum Gasteiger partial charge on any atom is -0.445 e. The predicted molar refractivity (Wildman–Crippen MR) is 86.3 cm³/mol. The number of carbonyl (C=O) groups is 2. The van der Waals surface area contributed by atoms with Gasteiger partial charge in [0, 0.05) is 7.05 Å². The summed E-state index contributed by atoms with van der Waals surface area (Å²) in [6.45, 7) is 0.163. The maximum Gasteiger partial charge on any atom is 0.408 e. The topological polar surface area (TPSA) is 67.9 Å². The zero-order chi connectivity index (χ0) is 16.4. The van der Waals surface area contributed by atoms with Crippen LogP contribution < -0.4 is 5.32 Å². The summed E-state index contributed by atoms with van der Waals surface area (Å²) in [6.07, 6.45) is 1.83. The Balaban J connectivity index is 2.52. The molecule has 0 aliphatic rings. The molecule has 0 saturated heterocycles. The third-order valence-corrected chi connectivity index (χ3v) is 3.64. The normalized spacial score (nSPS) is 11.6. The third kappa shape index (κ3) is 6.36. The highest BCUT2D eigenvalue weighted by Crippen LogP contribution is 2.06. The summed E-state index contributed by atoms with van der Waals surface area (Å²) in [4.78, 5) is 28.8. The fourth-order valence-corrected chi connectivity index (χ4v) is 2.18. The van der Waals surface area contributed by atoms with Gasteiger partial charge in [0.15, 0.2) is 0 Å². The number of carbonyl (C=O) groups excluding carboxylic acids is 2. The molecule has 7 heteroatoms. The molecule has 1 N–H and O–H groups in total. The Morgan fingerprint density at radius 2 is 2.00 bits per heavy atom. The lowest BCUT2D eigenvalue weighted by Crippen LogP contribution is -2.47. The number of benzene rings is 1. The Labute approximate surface area is 135 Å². The highest BCUT2D eigenvalue weighted by molar-refractivity contribution is 7.98. The number of alkyl carbamates (subject to hydrolysis) is 1. The molecular formula is C15H22N2O4S. The summed E-state index contributed by atoms with van der Waals surface area (Å²) >= 11 is 1.60. The standard InChI is InChI=1S/C15H22N2O4S/c1-17(20-2)14(18)13(9-10-22-3)16-15(19)21-11-12-7-5-4-6-8-12/h4-8,13H,9-11H2,1-3H3,(H,16,19)/t13-/m1/s1. The van der Waals surface area contributed by atoms with Gasteiger partial charge >= 0.3 is 6.09 Å². The summed E-state index contributed by atoms with van der Waals surface area (Å²) in [7, 11) is 2.91. The van der Waals surface area contributed by atoms with Gasteiger partial charge in [-0.3, -0.25) is 9.63 Å². The smallest absolute Gasteiger partial charge is 0.408 e. The molecule has 0 saturated carbocycles. The van der Waals surface area contributed by atoms with Crippen LogP contribution in [0, 0.1) is 0 Å². The van der Waals surface area contributed by atoms with Crippen LogP contribution in [0.4, 0.5) is 4.79 Å². The molecular weight excluding hydrogens is 304 g/mol. The lowest BCUT2D eigenvalue weighted by molar-refractivity contribution is -0.170. The maximum atomic E-state index is 12.1. The van der Waals surface area contributed by atoms with Gasteiger partial charge in [-0.2, -0.15) is 11.8 Å². The monoisotopic (exact) mass is 326 g/mol. The minimum absolute atomic E-state index is 0.163. The van der Waals surface area contributed by atoms with E-state index in [1.54, 1.807) is 11.8 Å². The summed E-state index contributed by atoms with van der Waals surface area (Å²) in [6, 6.07) is 8.69. The van der Waals surface area contributed by atoms with E-state index in [0.717, 1.165) is 16.4 Å². The Morgan fingerprint density at radius 1 is 1.32 bits per heavy atom.